The van der Waals surface area contributed by atoms with E-state index in [1.54, 1.807) is 0 Å². The van der Waals surface area contributed by atoms with Crippen molar-refractivity contribution in [3.8, 4) is 0 Å². The Morgan fingerprint density at radius 2 is 1.88 bits per heavy atom. The van der Waals surface area contributed by atoms with Crippen molar-refractivity contribution in [3.05, 3.63) is 41.9 Å². The number of carboxylic acid groups (broad SMARTS) is 1. The summed E-state index contributed by atoms with van der Waals surface area (Å²) < 4.78 is 0. The van der Waals surface area contributed by atoms with Crippen molar-refractivity contribution in [2.24, 2.45) is 5.41 Å². The molecule has 0 aromatic heterocycles. The molecular weight excluding hydrogens is 218 g/mol. The fourth-order valence-corrected chi connectivity index (χ4v) is 2.28. The first-order valence-electron chi connectivity index (χ1n) is 5.46. The summed E-state index contributed by atoms with van der Waals surface area (Å²) in [5, 5.41) is 11.3. The van der Waals surface area contributed by atoms with E-state index in [0.29, 0.717) is 18.9 Å². The molecule has 17 heavy (non-hydrogen) atoms. The van der Waals surface area contributed by atoms with E-state index in [1.807, 2.05) is 37.3 Å². The molecule has 1 aromatic carbocycles. The molecule has 2 rings (SSSR count). The number of ketones is 1. The highest BCUT2D eigenvalue weighted by Gasteiger charge is 2.47. The van der Waals surface area contributed by atoms with Crippen LogP contribution in [0.25, 0.3) is 0 Å². The van der Waals surface area contributed by atoms with Gasteiger partial charge in [0.15, 0.2) is 0 Å². The van der Waals surface area contributed by atoms with Crippen LogP contribution in [-0.4, -0.2) is 17.0 Å². The third-order valence-corrected chi connectivity index (χ3v) is 3.07. The summed E-state index contributed by atoms with van der Waals surface area (Å²) in [4.78, 5) is 22.0. The second-order valence-electron chi connectivity index (χ2n) is 4.62. The lowest BCUT2D eigenvalue weighted by Crippen LogP contribution is -2.47. The second kappa shape index (κ2) is 4.20. The van der Waals surface area contributed by atoms with Crippen molar-refractivity contribution in [1.29, 1.82) is 0 Å². The smallest absolute Gasteiger partial charge is 0.405 e. The maximum Gasteiger partial charge on any atom is 0.405 e. The van der Waals surface area contributed by atoms with Crippen molar-refractivity contribution in [2.75, 3.05) is 0 Å². The normalized spacial score (nSPS) is 17.6. The molecule has 4 nitrogen and oxygen atoms in total. The van der Waals surface area contributed by atoms with E-state index >= 15 is 0 Å². The van der Waals surface area contributed by atoms with Gasteiger partial charge in [0.1, 0.15) is 11.8 Å². The molecular formula is C13H14NO3. The van der Waals surface area contributed by atoms with Gasteiger partial charge in [0.05, 0.1) is 0 Å². The van der Waals surface area contributed by atoms with Gasteiger partial charge in [-0.1, -0.05) is 37.3 Å². The van der Waals surface area contributed by atoms with Crippen molar-refractivity contribution in [2.45, 2.75) is 19.8 Å². The molecule has 0 unspecified atom stereocenters. The van der Waals surface area contributed by atoms with Crippen LogP contribution in [0.15, 0.2) is 30.3 Å². The monoisotopic (exact) mass is 232 g/mol. The molecule has 0 spiro atoms. The molecule has 0 atom stereocenters. The van der Waals surface area contributed by atoms with Gasteiger partial charge in [-0.2, -0.15) is 0 Å². The van der Waals surface area contributed by atoms with E-state index in [9.17, 15) is 9.59 Å². The lowest BCUT2D eigenvalue weighted by molar-refractivity contribution is -0.130. The molecule has 1 saturated carbocycles. The summed E-state index contributed by atoms with van der Waals surface area (Å²) in [6.07, 6.45) is -0.293. The highest BCUT2D eigenvalue weighted by Crippen LogP contribution is 2.47. The Morgan fingerprint density at radius 1 is 1.29 bits per heavy atom. The summed E-state index contributed by atoms with van der Waals surface area (Å²) in [6, 6.07) is 9.88. The number of hydrogen-bond donors (Lipinski definition) is 2. The van der Waals surface area contributed by atoms with Gasteiger partial charge >= 0.3 is 6.09 Å². The number of carbonyl (C=O) groups is 2. The number of carbonyl (C=O) groups excluding carboxylic acids is 1. The van der Waals surface area contributed by atoms with Crippen LogP contribution in [0.5, 0.6) is 0 Å². The van der Waals surface area contributed by atoms with Crippen molar-refractivity contribution < 1.29 is 14.7 Å². The predicted molar refractivity (Wildman–Crippen MR) is 62.3 cm³/mol. The van der Waals surface area contributed by atoms with Crippen LogP contribution < -0.4 is 5.32 Å². The third-order valence-electron chi connectivity index (χ3n) is 3.07. The summed E-state index contributed by atoms with van der Waals surface area (Å²) in [5.41, 5.74) is 0.446. The van der Waals surface area contributed by atoms with Crippen LogP contribution in [0.3, 0.4) is 0 Å². The van der Waals surface area contributed by atoms with E-state index in [1.165, 1.54) is 0 Å². The fraction of sp³-hybridized carbons (Fsp3) is 0.308. The van der Waals surface area contributed by atoms with Crippen LogP contribution in [0.1, 0.15) is 25.3 Å². The number of amides is 1. The first-order valence-corrected chi connectivity index (χ1v) is 5.46. The summed E-state index contributed by atoms with van der Waals surface area (Å²) in [5.74, 6) is 0.174. The van der Waals surface area contributed by atoms with Gasteiger partial charge in [0, 0.05) is 18.3 Å². The SMILES string of the molecule is CC1([C](NC(=O)O)c2ccccc2)CC(=O)C1. The standard InChI is InChI=1S/C13H14NO3/c1-13(7-10(15)8-13)11(14-12(16)17)9-5-3-2-4-6-9/h2-6,14H,7-8H2,1H3,(H,16,17). The van der Waals surface area contributed by atoms with Gasteiger partial charge in [0.25, 0.3) is 0 Å². The third kappa shape index (κ3) is 2.30. The van der Waals surface area contributed by atoms with Crippen molar-refractivity contribution in [1.82, 2.24) is 5.32 Å². The molecule has 0 saturated heterocycles. The average molecular weight is 232 g/mol. The molecule has 1 amide bonds. The zero-order valence-corrected chi connectivity index (χ0v) is 9.56. The Labute approximate surface area is 99.6 Å². The van der Waals surface area contributed by atoms with Crippen LogP contribution in [0.4, 0.5) is 4.79 Å². The Bertz CT molecular complexity index is 433. The van der Waals surface area contributed by atoms with Crippen LogP contribution in [0, 0.1) is 11.5 Å². The zero-order chi connectivity index (χ0) is 12.5. The molecule has 1 aromatic rings. The number of Topliss-reactive ketones (excluding diaryl/α,β-unsaturated/α-hetero) is 1. The lowest BCUT2D eigenvalue weighted by atomic mass is 9.63. The number of benzene rings is 1. The molecule has 1 radical (unpaired) electrons. The van der Waals surface area contributed by atoms with Crippen LogP contribution in [0.2, 0.25) is 0 Å². The van der Waals surface area contributed by atoms with Gasteiger partial charge in [-0.05, 0) is 5.56 Å². The zero-order valence-electron chi connectivity index (χ0n) is 9.56. The van der Waals surface area contributed by atoms with Crippen LogP contribution in [-0.2, 0) is 4.79 Å². The minimum Gasteiger partial charge on any atom is -0.465 e. The first-order chi connectivity index (χ1) is 8.01. The minimum atomic E-state index is -1.09. The molecule has 1 aliphatic rings. The second-order valence-corrected chi connectivity index (χ2v) is 4.62. The summed E-state index contributed by atoms with van der Waals surface area (Å²) >= 11 is 0. The van der Waals surface area contributed by atoms with Gasteiger partial charge in [0.2, 0.25) is 0 Å². The summed E-state index contributed by atoms with van der Waals surface area (Å²) in [6.45, 7) is 1.91. The van der Waals surface area contributed by atoms with E-state index in [0.717, 1.165) is 5.56 Å². The van der Waals surface area contributed by atoms with E-state index in [-0.39, 0.29) is 11.2 Å². The Hall–Kier alpha value is -1.84. The summed E-state index contributed by atoms with van der Waals surface area (Å²) in [7, 11) is 0. The van der Waals surface area contributed by atoms with Crippen LogP contribution >= 0.6 is 0 Å². The van der Waals surface area contributed by atoms with E-state index < -0.39 is 6.09 Å². The van der Waals surface area contributed by atoms with Gasteiger partial charge in [-0.3, -0.25) is 4.79 Å². The molecule has 2 N–H and O–H groups in total. The predicted octanol–water partition coefficient (Wildman–Crippen LogP) is 2.20. The average Bonchev–Trinajstić information content (AvgIpc) is 2.25. The number of rotatable bonds is 3. The Kier molecular flexibility index (Phi) is 2.88. The quantitative estimate of drug-likeness (QED) is 0.839. The highest BCUT2D eigenvalue weighted by molar-refractivity contribution is 5.87. The molecule has 4 heteroatoms. The number of hydrogen-bond acceptors (Lipinski definition) is 2. The van der Waals surface area contributed by atoms with E-state index in [4.69, 9.17) is 5.11 Å². The van der Waals surface area contributed by atoms with Crippen molar-refractivity contribution >= 4 is 11.9 Å². The fourth-order valence-electron chi connectivity index (χ4n) is 2.28. The lowest BCUT2D eigenvalue weighted by Gasteiger charge is -2.42. The maximum atomic E-state index is 11.1. The molecule has 0 aliphatic heterocycles. The van der Waals surface area contributed by atoms with Gasteiger partial charge < -0.3 is 10.4 Å². The molecule has 0 bridgehead atoms. The molecule has 1 fully saturated rings. The Balaban J connectivity index is 2.26. The van der Waals surface area contributed by atoms with Crippen molar-refractivity contribution in [3.63, 3.8) is 0 Å². The van der Waals surface area contributed by atoms with E-state index in [2.05, 4.69) is 5.32 Å². The number of nitrogens with one attached hydrogen (secondary N) is 1. The minimum absolute atomic E-state index is 0.174. The van der Waals surface area contributed by atoms with Gasteiger partial charge in [-0.25, -0.2) is 4.79 Å². The van der Waals surface area contributed by atoms with Gasteiger partial charge in [-0.15, -0.1) is 0 Å². The topological polar surface area (TPSA) is 66.4 Å². The maximum absolute atomic E-state index is 11.1. The molecule has 89 valence electrons. The first kappa shape index (κ1) is 11.6. The molecule has 0 heterocycles. The largest absolute Gasteiger partial charge is 0.465 e. The highest BCUT2D eigenvalue weighted by atomic mass is 16.4. The molecule has 1 aliphatic carbocycles. The Morgan fingerprint density at radius 3 is 2.35 bits per heavy atom.